The Balaban J connectivity index is 1.83. The van der Waals surface area contributed by atoms with Crippen molar-refractivity contribution >= 4 is 0 Å². The summed E-state index contributed by atoms with van der Waals surface area (Å²) < 4.78 is 5.30. The van der Waals surface area contributed by atoms with E-state index >= 15 is 0 Å². The summed E-state index contributed by atoms with van der Waals surface area (Å²) in [6.45, 7) is 1.42. The second kappa shape index (κ2) is 7.25. The molecule has 2 nitrogen and oxygen atoms in total. The van der Waals surface area contributed by atoms with Gasteiger partial charge in [-0.15, -0.1) is 0 Å². The highest BCUT2D eigenvalue weighted by Gasteiger charge is 1.99. The second-order valence-electron chi connectivity index (χ2n) is 4.08. The normalized spacial score (nSPS) is 9.53. The van der Waals surface area contributed by atoms with Gasteiger partial charge < -0.3 is 10.1 Å². The van der Waals surface area contributed by atoms with Crippen molar-refractivity contribution in [2.75, 3.05) is 13.7 Å². The monoisotopic (exact) mass is 251 g/mol. The number of rotatable bonds is 4. The lowest BCUT2D eigenvalue weighted by molar-refractivity contribution is 0.408. The first-order valence-electron chi connectivity index (χ1n) is 6.26. The molecule has 0 aliphatic rings. The van der Waals surface area contributed by atoms with Crippen molar-refractivity contribution in [1.29, 1.82) is 0 Å². The van der Waals surface area contributed by atoms with Gasteiger partial charge in [0.25, 0.3) is 0 Å². The molecule has 0 atom stereocenters. The number of hydrogen-bond donors (Lipinski definition) is 1. The van der Waals surface area contributed by atoms with Crippen molar-refractivity contribution in [3.63, 3.8) is 0 Å². The Labute approximate surface area is 114 Å². The molecule has 0 bridgehead atoms. The molecule has 19 heavy (non-hydrogen) atoms. The molecule has 1 N–H and O–H groups in total. The van der Waals surface area contributed by atoms with Gasteiger partial charge in [0.15, 0.2) is 0 Å². The van der Waals surface area contributed by atoms with E-state index in [2.05, 4.69) is 23.2 Å². The SMILES string of the molecule is COc1ccccc1CNCC#Cc1ccccc1. The third kappa shape index (κ3) is 4.17. The third-order valence-electron chi connectivity index (χ3n) is 2.73. The molecule has 0 heterocycles. The topological polar surface area (TPSA) is 21.3 Å². The standard InChI is InChI=1S/C17H17NO/c1-19-17-12-6-5-11-16(17)14-18-13-7-10-15-8-3-2-4-9-15/h2-6,8-9,11-12,18H,13-14H2,1H3. The average molecular weight is 251 g/mol. The zero-order valence-corrected chi connectivity index (χ0v) is 11.0. The van der Waals surface area contributed by atoms with Crippen LogP contribution in [0.2, 0.25) is 0 Å². The molecule has 0 amide bonds. The van der Waals surface area contributed by atoms with Gasteiger partial charge in [-0.25, -0.2) is 0 Å². The molecule has 96 valence electrons. The molecule has 0 fully saturated rings. The molecule has 0 aliphatic heterocycles. The van der Waals surface area contributed by atoms with Crippen LogP contribution in [-0.4, -0.2) is 13.7 Å². The molecule has 2 aromatic carbocycles. The van der Waals surface area contributed by atoms with Crippen LogP contribution in [0.5, 0.6) is 5.75 Å². The Morgan fingerprint density at radius 1 is 1.00 bits per heavy atom. The van der Waals surface area contributed by atoms with Crippen LogP contribution in [0.4, 0.5) is 0 Å². The van der Waals surface area contributed by atoms with Crippen molar-refractivity contribution < 1.29 is 4.74 Å². The fourth-order valence-electron chi connectivity index (χ4n) is 1.78. The number of ether oxygens (including phenoxy) is 1. The first-order valence-corrected chi connectivity index (χ1v) is 6.26. The van der Waals surface area contributed by atoms with Crippen LogP contribution < -0.4 is 10.1 Å². The first kappa shape index (κ1) is 13.2. The molecular weight excluding hydrogens is 234 g/mol. The fraction of sp³-hybridized carbons (Fsp3) is 0.176. The molecule has 2 heteroatoms. The van der Waals surface area contributed by atoms with Gasteiger partial charge in [0.2, 0.25) is 0 Å². The number of methoxy groups -OCH3 is 1. The summed E-state index contributed by atoms with van der Waals surface area (Å²) in [4.78, 5) is 0. The molecule has 2 aromatic rings. The minimum Gasteiger partial charge on any atom is -0.496 e. The van der Waals surface area contributed by atoms with E-state index in [0.717, 1.165) is 23.4 Å². The highest BCUT2D eigenvalue weighted by molar-refractivity contribution is 5.34. The largest absolute Gasteiger partial charge is 0.496 e. The van der Waals surface area contributed by atoms with Gasteiger partial charge >= 0.3 is 0 Å². The van der Waals surface area contributed by atoms with Gasteiger partial charge in [0.1, 0.15) is 5.75 Å². The van der Waals surface area contributed by atoms with E-state index in [4.69, 9.17) is 4.74 Å². The minimum absolute atomic E-state index is 0.660. The predicted octanol–water partition coefficient (Wildman–Crippen LogP) is 2.84. The van der Waals surface area contributed by atoms with Crippen molar-refractivity contribution in [3.05, 3.63) is 65.7 Å². The Kier molecular flexibility index (Phi) is 5.04. The van der Waals surface area contributed by atoms with E-state index < -0.39 is 0 Å². The van der Waals surface area contributed by atoms with Crippen molar-refractivity contribution in [2.45, 2.75) is 6.54 Å². The molecule has 0 radical (unpaired) electrons. The molecule has 0 spiro atoms. The van der Waals surface area contributed by atoms with Gasteiger partial charge in [0.05, 0.1) is 13.7 Å². The number of benzene rings is 2. The Hall–Kier alpha value is -2.24. The van der Waals surface area contributed by atoms with E-state index in [9.17, 15) is 0 Å². The highest BCUT2D eigenvalue weighted by atomic mass is 16.5. The van der Waals surface area contributed by atoms with Crippen LogP contribution >= 0.6 is 0 Å². The fourth-order valence-corrected chi connectivity index (χ4v) is 1.78. The zero-order chi connectivity index (χ0) is 13.3. The summed E-state index contributed by atoms with van der Waals surface area (Å²) in [5, 5.41) is 3.29. The molecule has 0 unspecified atom stereocenters. The van der Waals surface area contributed by atoms with E-state index in [1.165, 1.54) is 0 Å². The zero-order valence-electron chi connectivity index (χ0n) is 11.0. The molecule has 0 aliphatic carbocycles. The first-order chi connectivity index (χ1) is 9.40. The lowest BCUT2D eigenvalue weighted by atomic mass is 10.2. The van der Waals surface area contributed by atoms with Crippen molar-refractivity contribution in [3.8, 4) is 17.6 Å². The Bertz CT molecular complexity index is 567. The molecule has 2 rings (SSSR count). The van der Waals surface area contributed by atoms with Crippen LogP contribution in [0.15, 0.2) is 54.6 Å². The van der Waals surface area contributed by atoms with Gasteiger partial charge in [0, 0.05) is 17.7 Å². The van der Waals surface area contributed by atoms with E-state index in [-0.39, 0.29) is 0 Å². The van der Waals surface area contributed by atoms with E-state index in [0.29, 0.717) is 6.54 Å². The summed E-state index contributed by atoms with van der Waals surface area (Å²) in [6.07, 6.45) is 0. The van der Waals surface area contributed by atoms with Crippen LogP contribution in [0.3, 0.4) is 0 Å². The molecular formula is C17H17NO. The minimum atomic E-state index is 0.660. The maximum Gasteiger partial charge on any atom is 0.123 e. The summed E-state index contributed by atoms with van der Waals surface area (Å²) in [5.41, 5.74) is 2.19. The molecule has 0 saturated carbocycles. The second-order valence-corrected chi connectivity index (χ2v) is 4.08. The van der Waals surface area contributed by atoms with Gasteiger partial charge in [-0.05, 0) is 18.2 Å². The van der Waals surface area contributed by atoms with E-state index in [1.807, 2.05) is 48.5 Å². The number of nitrogens with one attached hydrogen (secondary N) is 1. The number of para-hydroxylation sites is 1. The maximum atomic E-state index is 5.30. The molecule has 0 aromatic heterocycles. The lowest BCUT2D eigenvalue weighted by Gasteiger charge is -2.07. The van der Waals surface area contributed by atoms with Crippen LogP contribution in [0.1, 0.15) is 11.1 Å². The van der Waals surface area contributed by atoms with Crippen molar-refractivity contribution in [1.82, 2.24) is 5.32 Å². The smallest absolute Gasteiger partial charge is 0.123 e. The summed E-state index contributed by atoms with van der Waals surface area (Å²) in [7, 11) is 1.69. The van der Waals surface area contributed by atoms with E-state index in [1.54, 1.807) is 7.11 Å². The average Bonchev–Trinajstić information content (AvgIpc) is 2.48. The highest BCUT2D eigenvalue weighted by Crippen LogP contribution is 2.16. The summed E-state index contributed by atoms with van der Waals surface area (Å²) in [6, 6.07) is 18.0. The van der Waals surface area contributed by atoms with Crippen LogP contribution in [0, 0.1) is 11.8 Å². The summed E-state index contributed by atoms with van der Waals surface area (Å²) >= 11 is 0. The lowest BCUT2D eigenvalue weighted by Crippen LogP contribution is -2.13. The maximum absolute atomic E-state index is 5.30. The van der Waals surface area contributed by atoms with Crippen LogP contribution in [-0.2, 0) is 6.54 Å². The number of hydrogen-bond acceptors (Lipinski definition) is 2. The summed E-state index contributed by atoms with van der Waals surface area (Å²) in [5.74, 6) is 7.13. The third-order valence-corrected chi connectivity index (χ3v) is 2.73. The quantitative estimate of drug-likeness (QED) is 0.666. The Morgan fingerprint density at radius 2 is 1.74 bits per heavy atom. The molecule has 0 saturated heterocycles. The van der Waals surface area contributed by atoms with Crippen molar-refractivity contribution in [2.24, 2.45) is 0 Å². The van der Waals surface area contributed by atoms with Crippen LogP contribution in [0.25, 0.3) is 0 Å². The predicted molar refractivity (Wildman–Crippen MR) is 78.0 cm³/mol. The van der Waals surface area contributed by atoms with Gasteiger partial charge in [-0.3, -0.25) is 0 Å². The Morgan fingerprint density at radius 3 is 2.53 bits per heavy atom. The van der Waals surface area contributed by atoms with Gasteiger partial charge in [-0.2, -0.15) is 0 Å². The van der Waals surface area contributed by atoms with Gasteiger partial charge in [-0.1, -0.05) is 48.2 Å².